The lowest BCUT2D eigenvalue weighted by atomic mass is 10.0. The minimum absolute atomic E-state index is 0.310. The molecule has 0 radical (unpaired) electrons. The third-order valence-electron chi connectivity index (χ3n) is 4.20. The van der Waals surface area contributed by atoms with Crippen molar-refractivity contribution in [3.63, 3.8) is 0 Å². The van der Waals surface area contributed by atoms with Crippen LogP contribution in [0.4, 0.5) is 5.82 Å². The molecule has 0 spiro atoms. The Morgan fingerprint density at radius 3 is 2.86 bits per heavy atom. The molecule has 2 aromatic heterocycles. The summed E-state index contributed by atoms with van der Waals surface area (Å²) in [6.45, 7) is 0.747. The fourth-order valence-electron chi connectivity index (χ4n) is 2.93. The Hall–Kier alpha value is -3.46. The lowest BCUT2D eigenvalue weighted by Crippen LogP contribution is -2.30. The number of aromatic nitrogens is 3. The van der Waals surface area contributed by atoms with E-state index in [1.54, 1.807) is 7.11 Å². The van der Waals surface area contributed by atoms with E-state index in [0.717, 1.165) is 11.3 Å². The predicted octanol–water partition coefficient (Wildman–Crippen LogP) is 2.17. The number of nitrogens with zero attached hydrogens (tertiary/aromatic N) is 4. The number of methoxy groups -OCH3 is 1. The topological polar surface area (TPSA) is 104 Å². The van der Waals surface area contributed by atoms with Crippen LogP contribution in [0.2, 0.25) is 0 Å². The van der Waals surface area contributed by atoms with Crippen molar-refractivity contribution in [2.45, 2.75) is 25.3 Å². The van der Waals surface area contributed by atoms with E-state index in [4.69, 9.17) is 13.9 Å². The fraction of sp³-hybridized carbons (Fsp3) is 0.263. The average Bonchev–Trinajstić information content (AvgIpc) is 3.45. The lowest BCUT2D eigenvalue weighted by molar-refractivity contribution is -0.118. The highest BCUT2D eigenvalue weighted by molar-refractivity contribution is 5.95. The molecule has 1 N–H and O–H groups in total. The average molecular weight is 381 g/mol. The van der Waals surface area contributed by atoms with Gasteiger partial charge < -0.3 is 19.2 Å². The standard InChI is InChI=1S/C19H19N5O4/c1-26-11-15-8-7-14(28-15)10-24-21-9-16(23-24)22-19(25)17-18(27-12-20-17)13-5-3-2-4-6-13/h2-9,12,17-18H,10-11H2,1H3,(H,22,23,25). The van der Waals surface area contributed by atoms with Gasteiger partial charge in [-0.15, -0.1) is 5.10 Å². The Morgan fingerprint density at radius 2 is 2.04 bits per heavy atom. The highest BCUT2D eigenvalue weighted by atomic mass is 16.5. The molecule has 1 aromatic carbocycles. The largest absolute Gasteiger partial charge is 0.473 e. The molecular weight excluding hydrogens is 362 g/mol. The number of nitrogens with one attached hydrogen (secondary N) is 1. The van der Waals surface area contributed by atoms with Crippen LogP contribution in [-0.2, 0) is 27.4 Å². The number of amides is 1. The van der Waals surface area contributed by atoms with Gasteiger partial charge in [0.2, 0.25) is 0 Å². The molecule has 1 amide bonds. The molecule has 1 aliphatic rings. The van der Waals surface area contributed by atoms with Crippen molar-refractivity contribution in [3.05, 3.63) is 65.7 Å². The Kier molecular flexibility index (Phi) is 5.16. The van der Waals surface area contributed by atoms with Gasteiger partial charge in [0.15, 0.2) is 24.4 Å². The number of benzene rings is 1. The predicted molar refractivity (Wildman–Crippen MR) is 99.7 cm³/mol. The number of furan rings is 1. The van der Waals surface area contributed by atoms with Crippen LogP contribution < -0.4 is 5.32 Å². The summed E-state index contributed by atoms with van der Waals surface area (Å²) in [6.07, 6.45) is 2.33. The Balaban J connectivity index is 1.39. The molecule has 0 aliphatic carbocycles. The van der Waals surface area contributed by atoms with Crippen LogP contribution in [0.5, 0.6) is 0 Å². The van der Waals surface area contributed by atoms with E-state index in [-0.39, 0.29) is 5.91 Å². The minimum Gasteiger partial charge on any atom is -0.473 e. The van der Waals surface area contributed by atoms with Crippen molar-refractivity contribution in [1.29, 1.82) is 0 Å². The quantitative estimate of drug-likeness (QED) is 0.673. The minimum atomic E-state index is -0.686. The van der Waals surface area contributed by atoms with E-state index in [9.17, 15) is 4.79 Å². The molecule has 0 saturated carbocycles. The summed E-state index contributed by atoms with van der Waals surface area (Å²) in [5, 5.41) is 11.2. The lowest BCUT2D eigenvalue weighted by Gasteiger charge is -2.16. The van der Waals surface area contributed by atoms with E-state index >= 15 is 0 Å². The zero-order chi connectivity index (χ0) is 19.3. The summed E-state index contributed by atoms with van der Waals surface area (Å²) in [4.78, 5) is 18.2. The first-order valence-electron chi connectivity index (χ1n) is 8.72. The SMILES string of the molecule is COCc1ccc(Cn2ncc(NC(=O)C3N=COC3c3ccccc3)n2)o1. The van der Waals surface area contributed by atoms with Gasteiger partial charge in [-0.3, -0.25) is 4.79 Å². The smallest absolute Gasteiger partial charge is 0.254 e. The number of anilines is 1. The summed E-state index contributed by atoms with van der Waals surface area (Å²) in [7, 11) is 1.61. The first-order valence-corrected chi connectivity index (χ1v) is 8.72. The van der Waals surface area contributed by atoms with Gasteiger partial charge in [0, 0.05) is 7.11 Å². The second kappa shape index (κ2) is 8.05. The molecule has 0 bridgehead atoms. The molecule has 4 rings (SSSR count). The summed E-state index contributed by atoms with van der Waals surface area (Å²) >= 11 is 0. The third-order valence-corrected chi connectivity index (χ3v) is 4.20. The summed E-state index contributed by atoms with van der Waals surface area (Å²) in [5.74, 6) is 1.44. The molecule has 9 nitrogen and oxygen atoms in total. The number of carbonyl (C=O) groups excluding carboxylic acids is 1. The molecular formula is C19H19N5O4. The normalized spacial score (nSPS) is 18.2. The highest BCUT2D eigenvalue weighted by Gasteiger charge is 2.34. The molecule has 28 heavy (non-hydrogen) atoms. The number of rotatable bonds is 7. The van der Waals surface area contributed by atoms with Crippen LogP contribution >= 0.6 is 0 Å². The maximum absolute atomic E-state index is 12.6. The van der Waals surface area contributed by atoms with E-state index in [2.05, 4.69) is 20.5 Å². The number of carbonyl (C=O) groups is 1. The van der Waals surface area contributed by atoms with E-state index in [0.29, 0.717) is 24.7 Å². The second-order valence-corrected chi connectivity index (χ2v) is 6.22. The third kappa shape index (κ3) is 3.94. The van der Waals surface area contributed by atoms with Crippen LogP contribution in [0, 0.1) is 0 Å². The van der Waals surface area contributed by atoms with Crippen molar-refractivity contribution in [1.82, 2.24) is 15.0 Å². The Morgan fingerprint density at radius 1 is 1.21 bits per heavy atom. The maximum Gasteiger partial charge on any atom is 0.254 e. The molecule has 9 heteroatoms. The zero-order valence-electron chi connectivity index (χ0n) is 15.2. The zero-order valence-corrected chi connectivity index (χ0v) is 15.2. The van der Waals surface area contributed by atoms with Crippen LogP contribution in [0.3, 0.4) is 0 Å². The molecule has 3 heterocycles. The molecule has 0 fully saturated rings. The Bertz CT molecular complexity index is 966. The first kappa shape index (κ1) is 17.9. The monoisotopic (exact) mass is 381 g/mol. The van der Waals surface area contributed by atoms with Crippen LogP contribution in [0.25, 0.3) is 0 Å². The van der Waals surface area contributed by atoms with Crippen molar-refractivity contribution in [2.75, 3.05) is 12.4 Å². The van der Waals surface area contributed by atoms with Crippen LogP contribution in [0.1, 0.15) is 23.2 Å². The fourth-order valence-corrected chi connectivity index (χ4v) is 2.93. The molecule has 3 aromatic rings. The van der Waals surface area contributed by atoms with Gasteiger partial charge in [-0.05, 0) is 17.7 Å². The van der Waals surface area contributed by atoms with Crippen LogP contribution in [0.15, 0.2) is 58.1 Å². The Labute approximate surface area is 161 Å². The molecule has 2 unspecified atom stereocenters. The van der Waals surface area contributed by atoms with Gasteiger partial charge in [0.25, 0.3) is 5.91 Å². The van der Waals surface area contributed by atoms with E-state index in [1.807, 2.05) is 42.5 Å². The van der Waals surface area contributed by atoms with Gasteiger partial charge in [-0.25, -0.2) is 4.99 Å². The van der Waals surface area contributed by atoms with Crippen molar-refractivity contribution < 1.29 is 18.7 Å². The molecule has 2 atom stereocenters. The molecule has 144 valence electrons. The van der Waals surface area contributed by atoms with Gasteiger partial charge in [0.05, 0.1) is 6.20 Å². The number of ether oxygens (including phenoxy) is 2. The summed E-state index contributed by atoms with van der Waals surface area (Å²) in [6, 6.07) is 12.5. The number of aliphatic imine (C=N–C) groups is 1. The first-order chi connectivity index (χ1) is 13.7. The van der Waals surface area contributed by atoms with Gasteiger partial charge >= 0.3 is 0 Å². The van der Waals surface area contributed by atoms with Crippen molar-refractivity contribution >= 4 is 18.1 Å². The second-order valence-electron chi connectivity index (χ2n) is 6.22. The van der Waals surface area contributed by atoms with Crippen molar-refractivity contribution in [3.8, 4) is 0 Å². The summed E-state index contributed by atoms with van der Waals surface area (Å²) in [5.41, 5.74) is 0.883. The number of hydrogen-bond donors (Lipinski definition) is 1. The molecule has 1 aliphatic heterocycles. The van der Waals surface area contributed by atoms with Gasteiger partial charge in [-0.1, -0.05) is 30.3 Å². The van der Waals surface area contributed by atoms with Crippen LogP contribution in [-0.4, -0.2) is 40.5 Å². The molecule has 0 saturated heterocycles. The van der Waals surface area contributed by atoms with E-state index in [1.165, 1.54) is 17.4 Å². The highest BCUT2D eigenvalue weighted by Crippen LogP contribution is 2.27. The number of hydrogen-bond acceptors (Lipinski definition) is 7. The van der Waals surface area contributed by atoms with Gasteiger partial charge in [-0.2, -0.15) is 9.90 Å². The summed E-state index contributed by atoms with van der Waals surface area (Å²) < 4.78 is 16.1. The van der Waals surface area contributed by atoms with Crippen molar-refractivity contribution in [2.24, 2.45) is 4.99 Å². The van der Waals surface area contributed by atoms with E-state index < -0.39 is 12.1 Å². The van der Waals surface area contributed by atoms with Gasteiger partial charge in [0.1, 0.15) is 24.7 Å². The maximum atomic E-state index is 12.6.